The first-order chi connectivity index (χ1) is 13.8. The van der Waals surface area contributed by atoms with Crippen molar-refractivity contribution in [1.82, 2.24) is 4.90 Å². The van der Waals surface area contributed by atoms with E-state index in [-0.39, 0.29) is 5.91 Å². The molecule has 1 aliphatic heterocycles. The van der Waals surface area contributed by atoms with Gasteiger partial charge in [-0.05, 0) is 60.7 Å². The highest BCUT2D eigenvalue weighted by atomic mass is 16.2. The molecule has 3 aromatic rings. The van der Waals surface area contributed by atoms with Crippen LogP contribution in [0.5, 0.6) is 0 Å². The van der Waals surface area contributed by atoms with Gasteiger partial charge in [0.25, 0.3) is 0 Å². The summed E-state index contributed by atoms with van der Waals surface area (Å²) in [6, 6.07) is 29.0. The third-order valence-corrected chi connectivity index (χ3v) is 5.48. The second kappa shape index (κ2) is 8.85. The van der Waals surface area contributed by atoms with Crippen LogP contribution in [0.2, 0.25) is 0 Å². The molecule has 0 radical (unpaired) electrons. The minimum atomic E-state index is 0.0587. The molecule has 1 heterocycles. The summed E-state index contributed by atoms with van der Waals surface area (Å²) in [6.45, 7) is 2.39. The first kappa shape index (κ1) is 18.5. The van der Waals surface area contributed by atoms with Crippen LogP contribution < -0.4 is 5.32 Å². The number of likely N-dealkylation sites (tertiary alicyclic amines) is 1. The van der Waals surface area contributed by atoms with E-state index in [2.05, 4.69) is 58.7 Å². The van der Waals surface area contributed by atoms with Crippen molar-refractivity contribution in [2.45, 2.75) is 18.8 Å². The van der Waals surface area contributed by atoms with Crippen LogP contribution >= 0.6 is 0 Å². The molecule has 0 aromatic heterocycles. The number of carbonyl (C=O) groups excluding carboxylic acids is 1. The molecule has 142 valence electrons. The number of hydrogen-bond donors (Lipinski definition) is 1. The number of rotatable bonds is 5. The monoisotopic (exact) mass is 370 g/mol. The Labute approximate surface area is 167 Å². The predicted molar refractivity (Wildman–Crippen MR) is 115 cm³/mol. The molecule has 28 heavy (non-hydrogen) atoms. The lowest BCUT2D eigenvalue weighted by Crippen LogP contribution is -2.38. The smallest absolute Gasteiger partial charge is 0.238 e. The second-order valence-electron chi connectivity index (χ2n) is 7.46. The van der Waals surface area contributed by atoms with Crippen LogP contribution in [0.15, 0.2) is 84.9 Å². The molecule has 4 rings (SSSR count). The summed E-state index contributed by atoms with van der Waals surface area (Å²) < 4.78 is 0. The number of carbonyl (C=O) groups is 1. The highest BCUT2D eigenvalue weighted by molar-refractivity contribution is 5.93. The fraction of sp³-hybridized carbons (Fsp3) is 0.240. The van der Waals surface area contributed by atoms with Crippen molar-refractivity contribution >= 4 is 11.6 Å². The van der Waals surface area contributed by atoms with Crippen LogP contribution in [-0.4, -0.2) is 30.4 Å². The summed E-state index contributed by atoms with van der Waals surface area (Å²) in [5.74, 6) is 0.673. The Morgan fingerprint density at radius 1 is 0.821 bits per heavy atom. The van der Waals surface area contributed by atoms with E-state index in [1.165, 1.54) is 5.56 Å². The van der Waals surface area contributed by atoms with E-state index in [1.54, 1.807) is 0 Å². The molecule has 0 atom stereocenters. The van der Waals surface area contributed by atoms with E-state index in [4.69, 9.17) is 0 Å². The fourth-order valence-electron chi connectivity index (χ4n) is 3.96. The first-order valence-corrected chi connectivity index (χ1v) is 10.0. The van der Waals surface area contributed by atoms with Crippen molar-refractivity contribution < 1.29 is 4.79 Å². The van der Waals surface area contributed by atoms with Crippen LogP contribution in [0.4, 0.5) is 5.69 Å². The quantitative estimate of drug-likeness (QED) is 0.672. The lowest BCUT2D eigenvalue weighted by atomic mass is 9.89. The van der Waals surface area contributed by atoms with Crippen molar-refractivity contribution in [3.63, 3.8) is 0 Å². The molecule has 0 bridgehead atoms. The molecule has 0 saturated carbocycles. The number of amides is 1. The number of benzene rings is 3. The summed E-state index contributed by atoms with van der Waals surface area (Å²) in [4.78, 5) is 14.8. The standard InChI is InChI=1S/C25H26N2O/c28-25(19-27-16-14-22(15-17-27)20-8-3-1-4-9-20)26-24-13-7-12-23(18-24)21-10-5-2-6-11-21/h1-13,18,22H,14-17,19H2,(H,26,28). The Morgan fingerprint density at radius 3 is 2.18 bits per heavy atom. The number of nitrogens with zero attached hydrogens (tertiary/aromatic N) is 1. The van der Waals surface area contributed by atoms with E-state index < -0.39 is 0 Å². The Morgan fingerprint density at radius 2 is 1.46 bits per heavy atom. The largest absolute Gasteiger partial charge is 0.325 e. The molecule has 1 fully saturated rings. The zero-order valence-electron chi connectivity index (χ0n) is 16.1. The van der Waals surface area contributed by atoms with Crippen LogP contribution in [0.1, 0.15) is 24.3 Å². The van der Waals surface area contributed by atoms with Gasteiger partial charge in [-0.1, -0.05) is 72.8 Å². The molecular weight excluding hydrogens is 344 g/mol. The van der Waals surface area contributed by atoms with Crippen LogP contribution in [0.3, 0.4) is 0 Å². The Hall–Kier alpha value is -2.91. The number of anilines is 1. The third-order valence-electron chi connectivity index (χ3n) is 5.48. The summed E-state index contributed by atoms with van der Waals surface area (Å²) in [7, 11) is 0. The van der Waals surface area contributed by atoms with E-state index in [1.807, 2.05) is 36.4 Å². The van der Waals surface area contributed by atoms with Gasteiger partial charge < -0.3 is 5.32 Å². The molecule has 3 aromatic carbocycles. The number of piperidine rings is 1. The molecule has 0 unspecified atom stereocenters. The van der Waals surface area contributed by atoms with Gasteiger partial charge in [0.1, 0.15) is 0 Å². The predicted octanol–water partition coefficient (Wildman–Crippen LogP) is 5.17. The Kier molecular flexibility index (Phi) is 5.83. The van der Waals surface area contributed by atoms with E-state index >= 15 is 0 Å². The molecule has 0 spiro atoms. The maximum absolute atomic E-state index is 12.5. The van der Waals surface area contributed by atoms with Gasteiger partial charge in [0, 0.05) is 5.69 Å². The third kappa shape index (κ3) is 4.68. The maximum atomic E-state index is 12.5. The molecule has 1 aliphatic rings. The zero-order valence-corrected chi connectivity index (χ0v) is 16.1. The number of hydrogen-bond acceptors (Lipinski definition) is 2. The van der Waals surface area contributed by atoms with Gasteiger partial charge in [0.2, 0.25) is 5.91 Å². The summed E-state index contributed by atoms with van der Waals surface area (Å²) in [6.07, 6.45) is 2.22. The lowest BCUT2D eigenvalue weighted by Gasteiger charge is -2.31. The minimum Gasteiger partial charge on any atom is -0.325 e. The summed E-state index contributed by atoms with van der Waals surface area (Å²) in [5, 5.41) is 3.06. The van der Waals surface area contributed by atoms with Crippen molar-refractivity contribution in [3.05, 3.63) is 90.5 Å². The maximum Gasteiger partial charge on any atom is 0.238 e. The molecule has 1 amide bonds. The lowest BCUT2D eigenvalue weighted by molar-refractivity contribution is -0.117. The van der Waals surface area contributed by atoms with Crippen LogP contribution in [0, 0.1) is 0 Å². The van der Waals surface area contributed by atoms with Crippen molar-refractivity contribution in [3.8, 4) is 11.1 Å². The van der Waals surface area contributed by atoms with Crippen LogP contribution in [0.25, 0.3) is 11.1 Å². The fourth-order valence-corrected chi connectivity index (χ4v) is 3.96. The molecule has 1 saturated heterocycles. The Bertz CT molecular complexity index is 900. The van der Waals surface area contributed by atoms with Gasteiger partial charge >= 0.3 is 0 Å². The van der Waals surface area contributed by atoms with Gasteiger partial charge in [-0.15, -0.1) is 0 Å². The molecule has 3 nitrogen and oxygen atoms in total. The molecule has 3 heteroatoms. The second-order valence-corrected chi connectivity index (χ2v) is 7.46. The average Bonchev–Trinajstić information content (AvgIpc) is 2.76. The van der Waals surface area contributed by atoms with Crippen LogP contribution in [-0.2, 0) is 4.79 Å². The summed E-state index contributed by atoms with van der Waals surface area (Å²) in [5.41, 5.74) is 4.54. The van der Waals surface area contributed by atoms with Gasteiger partial charge in [0.15, 0.2) is 0 Å². The van der Waals surface area contributed by atoms with E-state index in [0.29, 0.717) is 12.5 Å². The van der Waals surface area contributed by atoms with Gasteiger partial charge in [-0.3, -0.25) is 9.69 Å². The average molecular weight is 370 g/mol. The highest BCUT2D eigenvalue weighted by Crippen LogP contribution is 2.27. The molecular formula is C25H26N2O. The topological polar surface area (TPSA) is 32.3 Å². The zero-order chi connectivity index (χ0) is 19.2. The Balaban J connectivity index is 1.31. The first-order valence-electron chi connectivity index (χ1n) is 10.0. The summed E-state index contributed by atoms with van der Waals surface area (Å²) >= 11 is 0. The van der Waals surface area contributed by atoms with E-state index in [0.717, 1.165) is 42.7 Å². The van der Waals surface area contributed by atoms with Crippen molar-refractivity contribution in [2.75, 3.05) is 25.0 Å². The molecule has 1 N–H and O–H groups in total. The number of nitrogens with one attached hydrogen (secondary N) is 1. The van der Waals surface area contributed by atoms with Gasteiger partial charge in [-0.2, -0.15) is 0 Å². The minimum absolute atomic E-state index is 0.0587. The van der Waals surface area contributed by atoms with Gasteiger partial charge in [0.05, 0.1) is 6.54 Å². The van der Waals surface area contributed by atoms with Gasteiger partial charge in [-0.25, -0.2) is 0 Å². The van der Waals surface area contributed by atoms with Crippen molar-refractivity contribution in [2.24, 2.45) is 0 Å². The molecule has 0 aliphatic carbocycles. The van der Waals surface area contributed by atoms with Crippen molar-refractivity contribution in [1.29, 1.82) is 0 Å². The normalized spacial score (nSPS) is 15.3. The SMILES string of the molecule is O=C(CN1CCC(c2ccccc2)CC1)Nc1cccc(-c2ccccc2)c1. The highest BCUT2D eigenvalue weighted by Gasteiger charge is 2.21. The van der Waals surface area contributed by atoms with E-state index in [9.17, 15) is 4.79 Å².